The van der Waals surface area contributed by atoms with E-state index < -0.39 is 5.97 Å². The molecule has 1 aromatic rings. The molecule has 114 valence electrons. The van der Waals surface area contributed by atoms with Gasteiger partial charge in [-0.05, 0) is 36.5 Å². The maximum atomic E-state index is 12.0. The fourth-order valence-corrected chi connectivity index (χ4v) is 3.23. The summed E-state index contributed by atoms with van der Waals surface area (Å²) in [6.45, 7) is 0. The lowest BCUT2D eigenvalue weighted by atomic mass is 10.1. The Balaban J connectivity index is 2.06. The molecule has 1 aliphatic rings. The van der Waals surface area contributed by atoms with Crippen LogP contribution in [0.3, 0.4) is 0 Å². The zero-order valence-electron chi connectivity index (χ0n) is 11.7. The molecule has 2 rings (SSSR count). The average Bonchev–Trinajstić information content (AvgIpc) is 2.47. The smallest absolute Gasteiger partial charge is 0.337 e. The number of urea groups is 1. The number of carboxylic acids is 1. The fourth-order valence-electron chi connectivity index (χ4n) is 2.13. The molecule has 7 heteroatoms. The number of hydrogen-bond donors (Lipinski definition) is 3. The average molecular weight is 310 g/mol. The first-order chi connectivity index (χ1) is 10.1. The standard InChI is InChI=1S/C14H18N2O4S/c1-20-10-2-3-11(13(17)18)12(8-10)16-14(19)15-9-4-6-21-7-5-9/h2-3,8-9H,4-7H2,1H3,(H,17,18)(H2,15,16,19). The Morgan fingerprint density at radius 1 is 1.33 bits per heavy atom. The lowest BCUT2D eigenvalue weighted by Crippen LogP contribution is -2.40. The summed E-state index contributed by atoms with van der Waals surface area (Å²) in [5.74, 6) is 1.46. The molecule has 0 aliphatic carbocycles. The van der Waals surface area contributed by atoms with Crippen molar-refractivity contribution in [1.29, 1.82) is 0 Å². The normalized spacial score (nSPS) is 15.3. The van der Waals surface area contributed by atoms with E-state index in [0.717, 1.165) is 24.3 Å². The molecule has 21 heavy (non-hydrogen) atoms. The SMILES string of the molecule is COc1ccc(C(=O)O)c(NC(=O)NC2CCSCC2)c1. The van der Waals surface area contributed by atoms with Crippen LogP contribution in [0.15, 0.2) is 18.2 Å². The van der Waals surface area contributed by atoms with Crippen molar-refractivity contribution >= 4 is 29.4 Å². The Morgan fingerprint density at radius 3 is 2.67 bits per heavy atom. The van der Waals surface area contributed by atoms with Gasteiger partial charge in [0.1, 0.15) is 5.75 Å². The summed E-state index contributed by atoms with van der Waals surface area (Å²) in [5.41, 5.74) is 0.259. The van der Waals surface area contributed by atoms with Gasteiger partial charge in [0.15, 0.2) is 0 Å². The van der Waals surface area contributed by atoms with Gasteiger partial charge in [-0.25, -0.2) is 9.59 Å². The first kappa shape index (κ1) is 15.5. The second-order valence-electron chi connectivity index (χ2n) is 4.70. The van der Waals surface area contributed by atoms with Gasteiger partial charge in [0.25, 0.3) is 0 Å². The van der Waals surface area contributed by atoms with Gasteiger partial charge >= 0.3 is 12.0 Å². The fraction of sp³-hybridized carbons (Fsp3) is 0.429. The number of ether oxygens (including phenoxy) is 1. The Morgan fingerprint density at radius 2 is 2.05 bits per heavy atom. The first-order valence-electron chi connectivity index (χ1n) is 6.66. The molecular weight excluding hydrogens is 292 g/mol. The predicted molar refractivity (Wildman–Crippen MR) is 82.5 cm³/mol. The van der Waals surface area contributed by atoms with Gasteiger partial charge in [0.05, 0.1) is 18.4 Å². The van der Waals surface area contributed by atoms with Crippen LogP contribution in [0.1, 0.15) is 23.2 Å². The minimum atomic E-state index is -1.10. The van der Waals surface area contributed by atoms with Crippen molar-refractivity contribution in [2.75, 3.05) is 23.9 Å². The van der Waals surface area contributed by atoms with E-state index >= 15 is 0 Å². The van der Waals surface area contributed by atoms with Crippen LogP contribution in [0, 0.1) is 0 Å². The highest BCUT2D eigenvalue weighted by Crippen LogP contribution is 2.23. The number of amides is 2. The molecule has 3 N–H and O–H groups in total. The Kier molecular flexibility index (Phi) is 5.32. The highest BCUT2D eigenvalue weighted by molar-refractivity contribution is 7.99. The predicted octanol–water partition coefficient (Wildman–Crippen LogP) is 2.41. The number of anilines is 1. The van der Waals surface area contributed by atoms with E-state index in [1.807, 2.05) is 11.8 Å². The summed E-state index contributed by atoms with van der Waals surface area (Å²) in [5, 5.41) is 14.6. The molecule has 1 fully saturated rings. The number of methoxy groups -OCH3 is 1. The molecule has 1 saturated heterocycles. The van der Waals surface area contributed by atoms with Crippen LogP contribution in [-0.2, 0) is 0 Å². The van der Waals surface area contributed by atoms with Crippen molar-refractivity contribution in [3.63, 3.8) is 0 Å². The molecule has 0 bridgehead atoms. The van der Waals surface area contributed by atoms with Gasteiger partial charge in [-0.1, -0.05) is 0 Å². The highest BCUT2D eigenvalue weighted by Gasteiger charge is 2.18. The second-order valence-corrected chi connectivity index (χ2v) is 5.93. The number of carbonyl (C=O) groups is 2. The van der Waals surface area contributed by atoms with E-state index in [9.17, 15) is 9.59 Å². The largest absolute Gasteiger partial charge is 0.497 e. The molecule has 0 unspecified atom stereocenters. The molecule has 0 saturated carbocycles. The molecule has 0 atom stereocenters. The van der Waals surface area contributed by atoms with E-state index in [2.05, 4.69) is 10.6 Å². The first-order valence-corrected chi connectivity index (χ1v) is 7.82. The van der Waals surface area contributed by atoms with E-state index in [4.69, 9.17) is 9.84 Å². The molecule has 0 radical (unpaired) electrons. The zero-order valence-corrected chi connectivity index (χ0v) is 12.5. The highest BCUT2D eigenvalue weighted by atomic mass is 32.2. The maximum Gasteiger partial charge on any atom is 0.337 e. The van der Waals surface area contributed by atoms with Crippen molar-refractivity contribution < 1.29 is 19.4 Å². The van der Waals surface area contributed by atoms with E-state index in [0.29, 0.717) is 5.75 Å². The van der Waals surface area contributed by atoms with Gasteiger partial charge < -0.3 is 20.5 Å². The molecule has 1 aliphatic heterocycles. The van der Waals surface area contributed by atoms with Crippen LogP contribution >= 0.6 is 11.8 Å². The summed E-state index contributed by atoms with van der Waals surface area (Å²) in [4.78, 5) is 23.2. The van der Waals surface area contributed by atoms with Gasteiger partial charge in [0.2, 0.25) is 0 Å². The van der Waals surface area contributed by atoms with Gasteiger partial charge in [-0.15, -0.1) is 0 Å². The maximum absolute atomic E-state index is 12.0. The van der Waals surface area contributed by atoms with Gasteiger partial charge in [-0.2, -0.15) is 11.8 Å². The second kappa shape index (κ2) is 7.21. The third-order valence-electron chi connectivity index (χ3n) is 3.26. The third-order valence-corrected chi connectivity index (χ3v) is 4.31. The van der Waals surface area contributed by atoms with Crippen LogP contribution in [-0.4, -0.2) is 41.8 Å². The van der Waals surface area contributed by atoms with E-state index in [1.54, 1.807) is 6.07 Å². The van der Waals surface area contributed by atoms with Gasteiger partial charge in [0, 0.05) is 12.1 Å². The number of carbonyl (C=O) groups excluding carboxylic acids is 1. The molecule has 0 aromatic heterocycles. The number of benzene rings is 1. The summed E-state index contributed by atoms with van der Waals surface area (Å²) in [7, 11) is 1.49. The monoisotopic (exact) mass is 310 g/mol. The quantitative estimate of drug-likeness (QED) is 0.795. The Hall–Kier alpha value is -1.89. The molecule has 1 aromatic carbocycles. The summed E-state index contributed by atoms with van der Waals surface area (Å²) in [6.07, 6.45) is 1.87. The van der Waals surface area contributed by atoms with E-state index in [-0.39, 0.29) is 23.3 Å². The summed E-state index contributed by atoms with van der Waals surface area (Å²) < 4.78 is 5.05. The Bertz CT molecular complexity index is 530. The van der Waals surface area contributed by atoms with Crippen LogP contribution < -0.4 is 15.4 Å². The van der Waals surface area contributed by atoms with Crippen LogP contribution in [0.5, 0.6) is 5.75 Å². The number of aromatic carboxylic acids is 1. The number of carboxylic acid groups (broad SMARTS) is 1. The van der Waals surface area contributed by atoms with Crippen molar-refractivity contribution in [3.05, 3.63) is 23.8 Å². The van der Waals surface area contributed by atoms with E-state index in [1.165, 1.54) is 19.2 Å². The number of thioether (sulfide) groups is 1. The topological polar surface area (TPSA) is 87.7 Å². The van der Waals surface area contributed by atoms with Crippen LogP contribution in [0.2, 0.25) is 0 Å². The van der Waals surface area contributed by atoms with Crippen LogP contribution in [0.25, 0.3) is 0 Å². The van der Waals surface area contributed by atoms with Crippen LogP contribution in [0.4, 0.5) is 10.5 Å². The lowest BCUT2D eigenvalue weighted by molar-refractivity contribution is 0.0698. The Labute approximate surface area is 127 Å². The number of nitrogens with one attached hydrogen (secondary N) is 2. The molecule has 0 spiro atoms. The van der Waals surface area contributed by atoms with Crippen molar-refractivity contribution in [1.82, 2.24) is 5.32 Å². The minimum Gasteiger partial charge on any atom is -0.497 e. The molecule has 1 heterocycles. The number of rotatable bonds is 4. The molecular formula is C14H18N2O4S. The minimum absolute atomic E-state index is 0.0325. The molecule has 2 amide bonds. The summed E-state index contributed by atoms with van der Waals surface area (Å²) in [6, 6.07) is 4.21. The van der Waals surface area contributed by atoms with Crippen molar-refractivity contribution in [2.45, 2.75) is 18.9 Å². The summed E-state index contributed by atoms with van der Waals surface area (Å²) >= 11 is 1.88. The van der Waals surface area contributed by atoms with Crippen molar-refractivity contribution in [2.24, 2.45) is 0 Å². The lowest BCUT2D eigenvalue weighted by Gasteiger charge is -2.22. The van der Waals surface area contributed by atoms with Gasteiger partial charge in [-0.3, -0.25) is 0 Å². The zero-order chi connectivity index (χ0) is 15.2. The van der Waals surface area contributed by atoms with Crippen molar-refractivity contribution in [3.8, 4) is 5.75 Å². The molecule has 6 nitrogen and oxygen atoms in total. The third kappa shape index (κ3) is 4.29. The number of hydrogen-bond acceptors (Lipinski definition) is 4.